The predicted octanol–water partition coefficient (Wildman–Crippen LogP) is 3.01. The van der Waals surface area contributed by atoms with Crippen molar-refractivity contribution in [3.05, 3.63) is 17.0 Å². The maximum Gasteiger partial charge on any atom is 0.0628 e. The van der Waals surface area contributed by atoms with Crippen molar-refractivity contribution in [2.24, 2.45) is 5.92 Å². The molecule has 1 heterocycles. The van der Waals surface area contributed by atoms with Crippen LogP contribution in [0.1, 0.15) is 56.6 Å². The van der Waals surface area contributed by atoms with Crippen molar-refractivity contribution in [1.82, 2.24) is 15.1 Å². The molecule has 0 saturated heterocycles. The molecule has 0 bridgehead atoms. The van der Waals surface area contributed by atoms with Crippen LogP contribution in [0.2, 0.25) is 0 Å². The first-order chi connectivity index (χ1) is 8.49. The van der Waals surface area contributed by atoms with Crippen LogP contribution < -0.4 is 5.32 Å². The average molecular weight is 249 g/mol. The highest BCUT2D eigenvalue weighted by molar-refractivity contribution is 5.25. The predicted molar refractivity (Wildman–Crippen MR) is 76.0 cm³/mol. The fraction of sp³-hybridized carbons (Fsp3) is 0.800. The highest BCUT2D eigenvalue weighted by Crippen LogP contribution is 2.22. The molecule has 3 heteroatoms. The first-order valence-electron chi connectivity index (χ1n) is 7.27. The van der Waals surface area contributed by atoms with E-state index in [0.29, 0.717) is 12.0 Å². The third-order valence-electron chi connectivity index (χ3n) is 3.85. The van der Waals surface area contributed by atoms with E-state index in [1.54, 1.807) is 0 Å². The van der Waals surface area contributed by atoms with Crippen molar-refractivity contribution >= 4 is 0 Å². The summed E-state index contributed by atoms with van der Waals surface area (Å²) >= 11 is 0. The van der Waals surface area contributed by atoms with E-state index in [-0.39, 0.29) is 0 Å². The van der Waals surface area contributed by atoms with E-state index in [9.17, 15) is 0 Å². The second-order valence-electron chi connectivity index (χ2n) is 6.18. The summed E-state index contributed by atoms with van der Waals surface area (Å²) in [7, 11) is 0. The lowest BCUT2D eigenvalue weighted by Crippen LogP contribution is -2.24. The number of hydrogen-bond acceptors (Lipinski definition) is 2. The fourth-order valence-corrected chi connectivity index (χ4v) is 2.57. The molecule has 1 atom stereocenters. The van der Waals surface area contributed by atoms with Gasteiger partial charge in [-0.2, -0.15) is 5.10 Å². The van der Waals surface area contributed by atoms with Gasteiger partial charge in [0.15, 0.2) is 0 Å². The molecule has 0 amide bonds. The molecule has 1 aromatic heterocycles. The van der Waals surface area contributed by atoms with Crippen molar-refractivity contribution in [3.8, 4) is 0 Å². The second kappa shape index (κ2) is 5.43. The third-order valence-corrected chi connectivity index (χ3v) is 3.85. The lowest BCUT2D eigenvalue weighted by atomic mass is 9.99. The molecular weight excluding hydrogens is 222 g/mol. The van der Waals surface area contributed by atoms with Crippen LogP contribution in [0.3, 0.4) is 0 Å². The van der Waals surface area contributed by atoms with Gasteiger partial charge in [0, 0.05) is 17.8 Å². The zero-order valence-corrected chi connectivity index (χ0v) is 12.5. The van der Waals surface area contributed by atoms with E-state index < -0.39 is 0 Å². The van der Waals surface area contributed by atoms with Gasteiger partial charge in [0.1, 0.15) is 0 Å². The first-order valence-corrected chi connectivity index (χ1v) is 7.27. The van der Waals surface area contributed by atoms with Gasteiger partial charge >= 0.3 is 0 Å². The fourth-order valence-electron chi connectivity index (χ4n) is 2.57. The van der Waals surface area contributed by atoms with Crippen molar-refractivity contribution in [1.29, 1.82) is 0 Å². The largest absolute Gasteiger partial charge is 0.314 e. The Morgan fingerprint density at radius 1 is 1.28 bits per heavy atom. The van der Waals surface area contributed by atoms with E-state index in [1.807, 2.05) is 0 Å². The minimum Gasteiger partial charge on any atom is -0.314 e. The van der Waals surface area contributed by atoms with Gasteiger partial charge in [0.2, 0.25) is 0 Å². The summed E-state index contributed by atoms with van der Waals surface area (Å²) in [6, 6.07) is 1.27. The third kappa shape index (κ3) is 3.14. The molecule has 3 nitrogen and oxygen atoms in total. The summed E-state index contributed by atoms with van der Waals surface area (Å²) in [5.74, 6) is 0.688. The van der Waals surface area contributed by atoms with Crippen LogP contribution in [-0.4, -0.2) is 22.4 Å². The minimum atomic E-state index is 0.456. The Kier molecular flexibility index (Phi) is 4.10. The van der Waals surface area contributed by atoms with Gasteiger partial charge in [-0.3, -0.25) is 4.68 Å². The molecule has 0 spiro atoms. The van der Waals surface area contributed by atoms with Crippen LogP contribution >= 0.6 is 0 Å². The SMILES string of the molecule is Cc1nn(C(C)C)c(C)c1CC(C)CNC1CC1. The number of aromatic nitrogens is 2. The molecule has 1 unspecified atom stereocenters. The lowest BCUT2D eigenvalue weighted by Gasteiger charge is -2.13. The van der Waals surface area contributed by atoms with E-state index in [0.717, 1.165) is 19.0 Å². The van der Waals surface area contributed by atoms with Gasteiger partial charge in [-0.15, -0.1) is 0 Å². The number of aryl methyl sites for hydroxylation is 1. The quantitative estimate of drug-likeness (QED) is 0.840. The minimum absolute atomic E-state index is 0.456. The van der Waals surface area contributed by atoms with E-state index in [1.165, 1.54) is 29.8 Å². The molecule has 0 radical (unpaired) electrons. The van der Waals surface area contributed by atoms with Gasteiger partial charge < -0.3 is 5.32 Å². The number of rotatable bonds is 6. The molecule has 1 saturated carbocycles. The Balaban J connectivity index is 1.98. The Morgan fingerprint density at radius 2 is 1.94 bits per heavy atom. The molecule has 0 aliphatic heterocycles. The summed E-state index contributed by atoms with van der Waals surface area (Å²) in [5, 5.41) is 8.28. The summed E-state index contributed by atoms with van der Waals surface area (Å²) in [6.07, 6.45) is 3.89. The monoisotopic (exact) mass is 249 g/mol. The van der Waals surface area contributed by atoms with Crippen LogP contribution in [0.4, 0.5) is 0 Å². The lowest BCUT2D eigenvalue weighted by molar-refractivity contribution is 0.501. The van der Waals surface area contributed by atoms with Crippen LogP contribution in [0.5, 0.6) is 0 Å². The van der Waals surface area contributed by atoms with Crippen molar-refractivity contribution in [3.63, 3.8) is 0 Å². The van der Waals surface area contributed by atoms with Gasteiger partial charge in [-0.05, 0) is 65.0 Å². The first kappa shape index (κ1) is 13.6. The number of nitrogens with zero attached hydrogens (tertiary/aromatic N) is 2. The molecule has 1 fully saturated rings. The molecule has 102 valence electrons. The van der Waals surface area contributed by atoms with Crippen LogP contribution in [-0.2, 0) is 6.42 Å². The molecular formula is C15H27N3. The smallest absolute Gasteiger partial charge is 0.0628 e. The van der Waals surface area contributed by atoms with Crippen LogP contribution in [0.15, 0.2) is 0 Å². The van der Waals surface area contributed by atoms with E-state index >= 15 is 0 Å². The second-order valence-corrected chi connectivity index (χ2v) is 6.18. The Bertz CT molecular complexity index is 402. The Labute approximate surface area is 111 Å². The molecule has 1 aliphatic rings. The van der Waals surface area contributed by atoms with Crippen molar-refractivity contribution in [2.45, 2.75) is 66.0 Å². The summed E-state index contributed by atoms with van der Waals surface area (Å²) in [6.45, 7) is 12.2. The highest BCUT2D eigenvalue weighted by atomic mass is 15.3. The zero-order valence-electron chi connectivity index (χ0n) is 12.5. The maximum atomic E-state index is 4.67. The summed E-state index contributed by atoms with van der Waals surface area (Å²) in [4.78, 5) is 0. The van der Waals surface area contributed by atoms with Gasteiger partial charge in [-0.25, -0.2) is 0 Å². The summed E-state index contributed by atoms with van der Waals surface area (Å²) < 4.78 is 2.16. The summed E-state index contributed by atoms with van der Waals surface area (Å²) in [5.41, 5.74) is 4.01. The maximum absolute atomic E-state index is 4.67. The molecule has 18 heavy (non-hydrogen) atoms. The van der Waals surface area contributed by atoms with Gasteiger partial charge in [-0.1, -0.05) is 6.92 Å². The molecule has 0 aromatic carbocycles. The van der Waals surface area contributed by atoms with Gasteiger partial charge in [0.25, 0.3) is 0 Å². The molecule has 1 aromatic rings. The van der Waals surface area contributed by atoms with Crippen molar-refractivity contribution in [2.75, 3.05) is 6.54 Å². The van der Waals surface area contributed by atoms with E-state index in [2.05, 4.69) is 49.7 Å². The number of hydrogen-bond donors (Lipinski definition) is 1. The molecule has 1 N–H and O–H groups in total. The molecule has 2 rings (SSSR count). The standard InChI is InChI=1S/C15H27N3/c1-10(2)18-13(5)15(12(4)17-18)8-11(3)9-16-14-6-7-14/h10-11,14,16H,6-9H2,1-5H3. The number of nitrogens with one attached hydrogen (secondary N) is 1. The highest BCUT2D eigenvalue weighted by Gasteiger charge is 2.22. The molecule has 1 aliphatic carbocycles. The Morgan fingerprint density at radius 3 is 2.44 bits per heavy atom. The zero-order chi connectivity index (χ0) is 13.3. The van der Waals surface area contributed by atoms with E-state index in [4.69, 9.17) is 0 Å². The van der Waals surface area contributed by atoms with Crippen LogP contribution in [0, 0.1) is 19.8 Å². The van der Waals surface area contributed by atoms with Crippen molar-refractivity contribution < 1.29 is 0 Å². The topological polar surface area (TPSA) is 29.9 Å². The Hall–Kier alpha value is -0.830. The van der Waals surface area contributed by atoms with Gasteiger partial charge in [0.05, 0.1) is 5.69 Å². The average Bonchev–Trinajstić information content (AvgIpc) is 3.08. The normalized spacial score (nSPS) is 17.4. The van der Waals surface area contributed by atoms with Crippen LogP contribution in [0.25, 0.3) is 0 Å².